The summed E-state index contributed by atoms with van der Waals surface area (Å²) in [6, 6.07) is 5.50. The van der Waals surface area contributed by atoms with E-state index in [1.54, 1.807) is 0 Å². The molecule has 0 saturated heterocycles. The highest BCUT2D eigenvalue weighted by molar-refractivity contribution is 6.69. The summed E-state index contributed by atoms with van der Waals surface area (Å²) in [7, 11) is -1.89. The Morgan fingerprint density at radius 3 is 2.44 bits per heavy atom. The Bertz CT molecular complexity index is 403. The molecule has 0 saturated carbocycles. The number of rotatable bonds is 3. The summed E-state index contributed by atoms with van der Waals surface area (Å²) >= 11 is 0. The van der Waals surface area contributed by atoms with Gasteiger partial charge in [-0.25, -0.2) is 4.39 Å². The van der Waals surface area contributed by atoms with Crippen molar-refractivity contribution in [2.24, 2.45) is 0 Å². The minimum Gasteiger partial charge on any atom is -0.508 e. The van der Waals surface area contributed by atoms with Crippen molar-refractivity contribution in [3.8, 4) is 11.8 Å². The molecule has 0 aliphatic carbocycles. The predicted octanol–water partition coefficient (Wildman–Crippen LogP) is 2.95. The molecule has 86 valence electrons. The molecular formula is C11H14FNO2Si. The Kier molecular flexibility index (Phi) is 3.68. The standard InChI is InChI=1S/C11H14FNO2Si/c1-16(2,3)15-11(7-13)8-4-9(12)6-10(14)5-8/h4-6,11,14H,1-3H3. The van der Waals surface area contributed by atoms with Crippen LogP contribution in [-0.2, 0) is 4.43 Å². The van der Waals surface area contributed by atoms with Gasteiger partial charge < -0.3 is 9.53 Å². The van der Waals surface area contributed by atoms with Crippen molar-refractivity contribution in [1.29, 1.82) is 5.26 Å². The Morgan fingerprint density at radius 1 is 1.38 bits per heavy atom. The molecule has 0 bridgehead atoms. The average molecular weight is 239 g/mol. The molecule has 1 unspecified atom stereocenters. The van der Waals surface area contributed by atoms with Crippen LogP contribution in [-0.4, -0.2) is 13.4 Å². The van der Waals surface area contributed by atoms with Crippen LogP contribution in [0.4, 0.5) is 4.39 Å². The molecule has 0 aliphatic rings. The van der Waals surface area contributed by atoms with E-state index in [2.05, 4.69) is 0 Å². The van der Waals surface area contributed by atoms with Crippen molar-refractivity contribution in [3.05, 3.63) is 29.6 Å². The average Bonchev–Trinajstić information content (AvgIpc) is 2.11. The summed E-state index contributed by atoms with van der Waals surface area (Å²) in [5.41, 5.74) is 0.349. The summed E-state index contributed by atoms with van der Waals surface area (Å²) < 4.78 is 18.6. The third-order valence-electron chi connectivity index (χ3n) is 1.80. The number of aromatic hydroxyl groups is 1. The van der Waals surface area contributed by atoms with Gasteiger partial charge in [0.15, 0.2) is 14.4 Å². The Labute approximate surface area is 95.2 Å². The van der Waals surface area contributed by atoms with Crippen LogP contribution in [0.25, 0.3) is 0 Å². The van der Waals surface area contributed by atoms with Crippen LogP contribution >= 0.6 is 0 Å². The van der Waals surface area contributed by atoms with E-state index >= 15 is 0 Å². The molecule has 1 N–H and O–H groups in total. The maximum absolute atomic E-state index is 13.0. The first-order valence-electron chi connectivity index (χ1n) is 4.89. The van der Waals surface area contributed by atoms with Crippen LogP contribution < -0.4 is 0 Å². The summed E-state index contributed by atoms with van der Waals surface area (Å²) in [6.45, 7) is 5.82. The third-order valence-corrected chi connectivity index (χ3v) is 2.74. The zero-order valence-corrected chi connectivity index (χ0v) is 10.5. The van der Waals surface area contributed by atoms with Crippen molar-refractivity contribution in [2.45, 2.75) is 25.7 Å². The van der Waals surface area contributed by atoms with Gasteiger partial charge in [-0.1, -0.05) is 0 Å². The number of phenolic OH excluding ortho intramolecular Hbond substituents is 1. The number of nitrogens with zero attached hydrogens (tertiary/aromatic N) is 1. The van der Waals surface area contributed by atoms with Crippen LogP contribution in [0.5, 0.6) is 5.75 Å². The Morgan fingerprint density at radius 2 is 2.00 bits per heavy atom. The van der Waals surface area contributed by atoms with Crippen molar-refractivity contribution in [2.75, 3.05) is 0 Å². The van der Waals surface area contributed by atoms with Crippen LogP contribution in [0.1, 0.15) is 11.7 Å². The summed E-state index contributed by atoms with van der Waals surface area (Å²) in [5, 5.41) is 18.2. The minimum atomic E-state index is -1.89. The molecule has 0 aliphatic heterocycles. The molecule has 16 heavy (non-hydrogen) atoms. The van der Waals surface area contributed by atoms with E-state index < -0.39 is 20.2 Å². The van der Waals surface area contributed by atoms with Gasteiger partial charge in [0, 0.05) is 11.6 Å². The summed E-state index contributed by atoms with van der Waals surface area (Å²) in [5.74, 6) is -0.774. The lowest BCUT2D eigenvalue weighted by molar-refractivity contribution is 0.254. The van der Waals surface area contributed by atoms with Gasteiger partial charge in [0.1, 0.15) is 11.6 Å². The van der Waals surface area contributed by atoms with Gasteiger partial charge in [-0.2, -0.15) is 5.26 Å². The van der Waals surface area contributed by atoms with E-state index in [1.807, 2.05) is 25.7 Å². The van der Waals surface area contributed by atoms with Gasteiger partial charge >= 0.3 is 0 Å². The Hall–Kier alpha value is -1.38. The van der Waals surface area contributed by atoms with E-state index in [4.69, 9.17) is 9.69 Å². The molecule has 0 aromatic heterocycles. The van der Waals surface area contributed by atoms with Crippen LogP contribution in [0.3, 0.4) is 0 Å². The van der Waals surface area contributed by atoms with E-state index in [9.17, 15) is 9.50 Å². The second-order valence-corrected chi connectivity index (χ2v) is 8.94. The smallest absolute Gasteiger partial charge is 0.186 e. The van der Waals surface area contributed by atoms with Gasteiger partial charge in [0.25, 0.3) is 0 Å². The number of phenols is 1. The Balaban J connectivity index is 3.01. The quantitative estimate of drug-likeness (QED) is 0.825. The monoisotopic (exact) mass is 239 g/mol. The van der Waals surface area contributed by atoms with E-state index in [-0.39, 0.29) is 5.75 Å². The maximum atomic E-state index is 13.0. The zero-order valence-electron chi connectivity index (χ0n) is 9.49. The van der Waals surface area contributed by atoms with Crippen LogP contribution in [0.15, 0.2) is 18.2 Å². The first-order valence-corrected chi connectivity index (χ1v) is 8.29. The number of halogens is 1. The second kappa shape index (κ2) is 4.64. The lowest BCUT2D eigenvalue weighted by Crippen LogP contribution is -2.27. The molecule has 1 aromatic rings. The fourth-order valence-corrected chi connectivity index (χ4v) is 2.17. The summed E-state index contributed by atoms with van der Waals surface area (Å²) in [4.78, 5) is 0. The lowest BCUT2D eigenvalue weighted by Gasteiger charge is -2.21. The molecule has 3 nitrogen and oxygen atoms in total. The lowest BCUT2D eigenvalue weighted by atomic mass is 10.1. The number of hydrogen-bond acceptors (Lipinski definition) is 3. The molecule has 0 radical (unpaired) electrons. The first kappa shape index (κ1) is 12.7. The minimum absolute atomic E-state index is 0.200. The van der Waals surface area contributed by atoms with E-state index in [0.717, 1.165) is 6.07 Å². The van der Waals surface area contributed by atoms with Crippen LogP contribution in [0.2, 0.25) is 19.6 Å². The molecule has 0 fully saturated rings. The molecule has 0 spiro atoms. The molecule has 1 atom stereocenters. The predicted molar refractivity (Wildman–Crippen MR) is 60.8 cm³/mol. The van der Waals surface area contributed by atoms with Gasteiger partial charge in [0.05, 0.1) is 6.07 Å². The van der Waals surface area contributed by atoms with Crippen molar-refractivity contribution >= 4 is 8.32 Å². The highest BCUT2D eigenvalue weighted by Crippen LogP contribution is 2.25. The van der Waals surface area contributed by atoms with Gasteiger partial charge in [0.2, 0.25) is 0 Å². The number of benzene rings is 1. The zero-order chi connectivity index (χ0) is 12.3. The van der Waals surface area contributed by atoms with Crippen LogP contribution in [0, 0.1) is 17.1 Å². The fourth-order valence-electron chi connectivity index (χ4n) is 1.27. The summed E-state index contributed by atoms with van der Waals surface area (Å²) in [6.07, 6.45) is -0.826. The normalized spacial score (nSPS) is 13.2. The highest BCUT2D eigenvalue weighted by atomic mass is 28.4. The van der Waals surface area contributed by atoms with Crippen molar-refractivity contribution < 1.29 is 13.9 Å². The van der Waals surface area contributed by atoms with Crippen molar-refractivity contribution in [1.82, 2.24) is 0 Å². The van der Waals surface area contributed by atoms with E-state index in [0.29, 0.717) is 5.56 Å². The number of nitriles is 1. The van der Waals surface area contributed by atoms with Gasteiger partial charge in [-0.15, -0.1) is 0 Å². The molecular weight excluding hydrogens is 225 g/mol. The van der Waals surface area contributed by atoms with Crippen molar-refractivity contribution in [3.63, 3.8) is 0 Å². The molecule has 1 aromatic carbocycles. The number of hydrogen-bond donors (Lipinski definition) is 1. The van der Waals surface area contributed by atoms with Gasteiger partial charge in [-0.3, -0.25) is 0 Å². The first-order chi connectivity index (χ1) is 7.31. The molecule has 0 amide bonds. The van der Waals surface area contributed by atoms with E-state index in [1.165, 1.54) is 12.1 Å². The fraction of sp³-hybridized carbons (Fsp3) is 0.364. The SMILES string of the molecule is C[Si](C)(C)OC(C#N)c1cc(O)cc(F)c1. The second-order valence-electron chi connectivity index (χ2n) is 4.48. The molecule has 5 heteroatoms. The maximum Gasteiger partial charge on any atom is 0.186 e. The van der Waals surface area contributed by atoms with Gasteiger partial charge in [-0.05, 0) is 31.8 Å². The molecule has 0 heterocycles. The highest BCUT2D eigenvalue weighted by Gasteiger charge is 2.22. The largest absolute Gasteiger partial charge is 0.508 e. The topological polar surface area (TPSA) is 53.2 Å². The third kappa shape index (κ3) is 3.64. The molecule has 1 rings (SSSR count).